The Bertz CT molecular complexity index is 1900. The maximum atomic E-state index is 13.6. The number of rotatable bonds is 7. The Balaban J connectivity index is 1.25. The van der Waals surface area contributed by atoms with Crippen LogP contribution >= 0.6 is 0 Å². The monoisotopic (exact) mass is 549 g/mol. The molecule has 13 nitrogen and oxygen atoms in total. The summed E-state index contributed by atoms with van der Waals surface area (Å²) in [5, 5.41) is 10.9. The molecule has 0 radical (unpaired) electrons. The minimum Gasteiger partial charge on any atom is -0.453 e. The number of primary amides is 1. The van der Waals surface area contributed by atoms with Crippen molar-refractivity contribution in [2.45, 2.75) is 56.1 Å². The Morgan fingerprint density at radius 3 is 2.80 bits per heavy atom. The first kappa shape index (κ1) is 20.5. The molecule has 0 spiro atoms. The van der Waals surface area contributed by atoms with Crippen molar-refractivity contribution >= 4 is 45.7 Å². The van der Waals surface area contributed by atoms with Gasteiger partial charge in [0.15, 0.2) is 5.65 Å². The number of alkyl carbamates (subject to hydrolysis) is 1. The first-order valence-electron chi connectivity index (χ1n) is 15.3. The average molecular weight is 550 g/mol. The van der Waals surface area contributed by atoms with Crippen LogP contribution in [0.2, 0.25) is 0 Å². The lowest BCUT2D eigenvalue weighted by atomic mass is 10.1. The zero-order valence-corrected chi connectivity index (χ0v) is 21.8. The molecule has 2 amide bonds. The molecule has 3 saturated carbocycles. The van der Waals surface area contributed by atoms with Gasteiger partial charge in [-0.1, -0.05) is 0 Å². The Labute approximate surface area is 234 Å². The molecule has 0 aliphatic heterocycles. The average Bonchev–Trinajstić information content (AvgIpc) is 3.83. The van der Waals surface area contributed by atoms with Gasteiger partial charge in [-0.05, 0) is 62.5 Å². The number of hydrogen-bond acceptors (Lipinski definition) is 8. The van der Waals surface area contributed by atoms with Crippen molar-refractivity contribution in [3.05, 3.63) is 41.1 Å². The Kier molecular flexibility index (Phi) is 4.50. The van der Waals surface area contributed by atoms with Gasteiger partial charge in [-0.15, -0.1) is 0 Å². The molecular formula is C27H31N9O4. The van der Waals surface area contributed by atoms with E-state index in [2.05, 4.69) is 25.5 Å². The van der Waals surface area contributed by atoms with Gasteiger partial charge in [0.05, 0.1) is 31.9 Å². The highest BCUT2D eigenvalue weighted by Gasteiger charge is 2.66. The molecule has 3 fully saturated rings. The van der Waals surface area contributed by atoms with Gasteiger partial charge in [0.1, 0.15) is 17.2 Å². The van der Waals surface area contributed by atoms with E-state index in [1.165, 1.54) is 17.9 Å². The summed E-state index contributed by atoms with van der Waals surface area (Å²) in [4.78, 5) is 47.1. The van der Waals surface area contributed by atoms with Gasteiger partial charge in [-0.2, -0.15) is 5.10 Å². The van der Waals surface area contributed by atoms with E-state index in [-0.39, 0.29) is 24.3 Å². The summed E-state index contributed by atoms with van der Waals surface area (Å²) >= 11 is 0. The summed E-state index contributed by atoms with van der Waals surface area (Å²) in [6, 6.07) is 3.16. The number of nitrogens with two attached hydrogens (primary N) is 1. The summed E-state index contributed by atoms with van der Waals surface area (Å²) < 4.78 is 41.0. The van der Waals surface area contributed by atoms with E-state index in [0.29, 0.717) is 41.6 Å². The number of amides is 2. The van der Waals surface area contributed by atoms with E-state index in [1.54, 1.807) is 23.0 Å². The molecule has 4 aromatic rings. The van der Waals surface area contributed by atoms with E-state index in [1.807, 2.05) is 6.07 Å². The molecular weight excluding hydrogens is 514 g/mol. The molecule has 13 heteroatoms. The number of nitrogens with one attached hydrogen (secondary N) is 2. The van der Waals surface area contributed by atoms with E-state index in [0.717, 1.165) is 22.8 Å². The topological polar surface area (TPSA) is 164 Å². The molecule has 208 valence electrons. The van der Waals surface area contributed by atoms with Crippen LogP contribution < -0.4 is 22.1 Å². The van der Waals surface area contributed by atoms with Crippen molar-refractivity contribution in [1.29, 1.82) is 0 Å². The largest absolute Gasteiger partial charge is 0.453 e. The lowest BCUT2D eigenvalue weighted by Crippen LogP contribution is -2.37. The molecule has 7 rings (SSSR count). The summed E-state index contributed by atoms with van der Waals surface area (Å²) in [6.07, 6.45) is 5.65. The number of methoxy groups -OCH3 is 1. The summed E-state index contributed by atoms with van der Waals surface area (Å²) in [5.74, 6) is 0.878. The second-order valence-corrected chi connectivity index (χ2v) is 10.9. The lowest BCUT2D eigenvalue weighted by molar-refractivity contribution is -0.123. The third-order valence-corrected chi connectivity index (χ3v) is 8.50. The number of pyridine rings is 2. The summed E-state index contributed by atoms with van der Waals surface area (Å²) in [6.45, 7) is -2.78. The van der Waals surface area contributed by atoms with Crippen LogP contribution in [0.3, 0.4) is 0 Å². The number of carbonyl (C=O) groups excluding carboxylic acids is 2. The summed E-state index contributed by atoms with van der Waals surface area (Å²) in [7, 11) is 1.20. The number of imidazole rings is 1. The molecule has 4 atom stereocenters. The molecule has 0 unspecified atom stereocenters. The minimum absolute atomic E-state index is 0.0683. The molecule has 0 aromatic carbocycles. The molecule has 4 aromatic heterocycles. The SMILES string of the molecule is [2H]C([2H])([2H])n1c(=O)n([C@@H]2CC[C@@]([2H])(NC(=O)OC)C2)c2cc(Nc3ccc4cnn([C@@]5(C(N)=O)C[C@@H]5C5CC5)c4n3)ncc21. The minimum atomic E-state index is -2.78. The predicted octanol–water partition coefficient (Wildman–Crippen LogP) is 2.28. The highest BCUT2D eigenvalue weighted by atomic mass is 16.5. The van der Waals surface area contributed by atoms with Gasteiger partial charge in [-0.3, -0.25) is 13.9 Å². The van der Waals surface area contributed by atoms with Crippen molar-refractivity contribution in [1.82, 2.24) is 34.2 Å². The number of ether oxygens (including phenoxy) is 1. The van der Waals surface area contributed by atoms with E-state index in [9.17, 15) is 14.4 Å². The number of hydrogen-bond donors (Lipinski definition) is 3. The first-order valence-corrected chi connectivity index (χ1v) is 13.3. The van der Waals surface area contributed by atoms with Crippen molar-refractivity contribution in [2.75, 3.05) is 12.4 Å². The van der Waals surface area contributed by atoms with Crippen LogP contribution in [0, 0.1) is 11.8 Å². The quantitative estimate of drug-likeness (QED) is 0.316. The standard InChI is InChI=1S/C27H31N9O4/c1-34-20-13-29-22(10-19(20)35(26(34)39)17-7-6-16(9-17)31-25(38)40-2)32-21-8-5-15-12-30-36(23(15)33-21)27(24(28)37)11-18(27)14-3-4-14/h5,8,10,12-14,16-18H,3-4,6-7,9,11H2,1-2H3,(H2,28,37)(H,31,38)(H,29,32,33)/t16-,17-,18-,27+/m1/s1/i1D3,16D. The fourth-order valence-corrected chi connectivity index (χ4v) is 6.26. The van der Waals surface area contributed by atoms with Gasteiger partial charge in [0.25, 0.3) is 0 Å². The molecule has 4 heterocycles. The normalized spacial score (nSPS) is 29.4. The number of fused-ring (bicyclic) bond motifs is 2. The second-order valence-electron chi connectivity index (χ2n) is 10.9. The van der Waals surface area contributed by atoms with Crippen LogP contribution in [0.5, 0.6) is 0 Å². The van der Waals surface area contributed by atoms with Crippen molar-refractivity contribution in [2.24, 2.45) is 24.5 Å². The van der Waals surface area contributed by atoms with E-state index < -0.39 is 42.3 Å². The third kappa shape index (κ3) is 3.74. The molecule has 3 aliphatic carbocycles. The van der Waals surface area contributed by atoms with Crippen LogP contribution in [0.4, 0.5) is 16.4 Å². The lowest BCUT2D eigenvalue weighted by Gasteiger charge is -2.16. The number of aromatic nitrogens is 6. The van der Waals surface area contributed by atoms with Gasteiger partial charge in [-0.25, -0.2) is 24.2 Å². The molecule has 0 bridgehead atoms. The Morgan fingerprint density at radius 2 is 2.05 bits per heavy atom. The maximum Gasteiger partial charge on any atom is 0.407 e. The molecule has 3 aliphatic rings. The zero-order valence-electron chi connectivity index (χ0n) is 25.8. The molecule has 40 heavy (non-hydrogen) atoms. The number of carbonyl (C=O) groups is 2. The van der Waals surface area contributed by atoms with Crippen molar-refractivity contribution in [3.63, 3.8) is 0 Å². The van der Waals surface area contributed by atoms with Gasteiger partial charge in [0, 0.05) is 34.6 Å². The van der Waals surface area contributed by atoms with E-state index >= 15 is 0 Å². The Hall–Kier alpha value is -4.42. The van der Waals surface area contributed by atoms with Crippen LogP contribution in [-0.4, -0.2) is 54.0 Å². The van der Waals surface area contributed by atoms with Crippen LogP contribution in [0.1, 0.15) is 50.0 Å². The van der Waals surface area contributed by atoms with Crippen LogP contribution in [0.15, 0.2) is 35.4 Å². The number of anilines is 2. The number of nitrogens with zero attached hydrogens (tertiary/aromatic N) is 6. The third-order valence-electron chi connectivity index (χ3n) is 8.50. The highest BCUT2D eigenvalue weighted by Crippen LogP contribution is 2.61. The fourth-order valence-electron chi connectivity index (χ4n) is 6.26. The fraction of sp³-hybridized carbons (Fsp3) is 0.481. The van der Waals surface area contributed by atoms with Gasteiger partial charge >= 0.3 is 11.8 Å². The highest BCUT2D eigenvalue weighted by molar-refractivity contribution is 5.89. The van der Waals surface area contributed by atoms with Crippen molar-refractivity contribution in [3.8, 4) is 0 Å². The van der Waals surface area contributed by atoms with Gasteiger partial charge in [0.2, 0.25) is 5.91 Å². The molecule has 4 N–H and O–H groups in total. The summed E-state index contributed by atoms with van der Waals surface area (Å²) in [5.41, 5.74) is 5.14. The first-order chi connectivity index (χ1) is 20.8. The smallest absolute Gasteiger partial charge is 0.407 e. The van der Waals surface area contributed by atoms with Gasteiger partial charge < -0.3 is 21.1 Å². The van der Waals surface area contributed by atoms with E-state index in [4.69, 9.17) is 16.2 Å². The Morgan fingerprint density at radius 1 is 1.20 bits per heavy atom. The maximum absolute atomic E-state index is 13.6. The van der Waals surface area contributed by atoms with Crippen molar-refractivity contribution < 1.29 is 19.8 Å². The second kappa shape index (κ2) is 8.80. The zero-order chi connectivity index (χ0) is 31.2. The van der Waals surface area contributed by atoms with Crippen LogP contribution in [-0.2, 0) is 22.0 Å². The van der Waals surface area contributed by atoms with Crippen LogP contribution in [0.25, 0.3) is 22.1 Å². The molecule has 0 saturated heterocycles. The predicted molar refractivity (Wildman–Crippen MR) is 146 cm³/mol. The number of aryl methyl sites for hydroxylation is 1.